The van der Waals surface area contributed by atoms with Gasteiger partial charge < -0.3 is 15.0 Å². The van der Waals surface area contributed by atoms with Crippen molar-refractivity contribution in [2.45, 2.75) is 32.2 Å². The Kier molecular flexibility index (Phi) is 5.29. The normalized spacial score (nSPS) is 14.1. The Balaban J connectivity index is 1.99. The first-order chi connectivity index (χ1) is 9.76. The van der Waals surface area contributed by atoms with Crippen LogP contribution in [-0.4, -0.2) is 53.6 Å². The molecule has 0 saturated heterocycles. The van der Waals surface area contributed by atoms with E-state index in [1.165, 1.54) is 0 Å². The first-order valence-corrected chi connectivity index (χ1v) is 7.12. The summed E-state index contributed by atoms with van der Waals surface area (Å²) in [5.74, 6) is 0.650. The molecule has 1 saturated carbocycles. The van der Waals surface area contributed by atoms with Crippen molar-refractivity contribution in [3.63, 3.8) is 0 Å². The Morgan fingerprint density at radius 2 is 2.25 bits per heavy atom. The number of anilines is 1. The van der Waals surface area contributed by atoms with Crippen LogP contribution in [0.4, 0.5) is 5.82 Å². The summed E-state index contributed by atoms with van der Waals surface area (Å²) in [6.07, 6.45) is 6.32. The van der Waals surface area contributed by atoms with E-state index in [-0.39, 0.29) is 5.91 Å². The van der Waals surface area contributed by atoms with Gasteiger partial charge in [-0.25, -0.2) is 9.97 Å². The third-order valence-electron chi connectivity index (χ3n) is 3.21. The Morgan fingerprint density at radius 1 is 1.45 bits per heavy atom. The van der Waals surface area contributed by atoms with Gasteiger partial charge in [-0.2, -0.15) is 0 Å². The molecule has 1 N–H and O–H groups in total. The summed E-state index contributed by atoms with van der Waals surface area (Å²) in [6, 6.07) is 0.345. The standard InChI is InChI=1S/C14H22N4O2/c1-3-6-15-13-10-16-12(9-17-13)14(19)18(7-8-20-2)11-4-5-11/h9-11H,3-8H2,1-2H3,(H,15,17). The Morgan fingerprint density at radius 3 is 2.80 bits per heavy atom. The number of nitrogens with zero attached hydrogens (tertiary/aromatic N) is 3. The first-order valence-electron chi connectivity index (χ1n) is 7.12. The minimum Gasteiger partial charge on any atom is -0.383 e. The summed E-state index contributed by atoms with van der Waals surface area (Å²) in [5, 5.41) is 3.14. The minimum absolute atomic E-state index is 0.0564. The molecule has 0 aromatic carbocycles. The van der Waals surface area contributed by atoms with E-state index in [1.54, 1.807) is 19.5 Å². The van der Waals surface area contributed by atoms with E-state index in [2.05, 4.69) is 22.2 Å². The molecule has 0 radical (unpaired) electrons. The van der Waals surface area contributed by atoms with Gasteiger partial charge in [0.05, 0.1) is 19.0 Å². The second-order valence-electron chi connectivity index (χ2n) is 4.94. The van der Waals surface area contributed by atoms with Crippen molar-refractivity contribution in [3.05, 3.63) is 18.1 Å². The van der Waals surface area contributed by atoms with Crippen LogP contribution in [0.25, 0.3) is 0 Å². The van der Waals surface area contributed by atoms with Gasteiger partial charge in [0.2, 0.25) is 0 Å². The predicted molar refractivity (Wildman–Crippen MR) is 76.7 cm³/mol. The highest BCUT2D eigenvalue weighted by atomic mass is 16.5. The Hall–Kier alpha value is -1.69. The van der Waals surface area contributed by atoms with Crippen molar-refractivity contribution in [2.24, 2.45) is 0 Å². The maximum Gasteiger partial charge on any atom is 0.274 e. The number of methoxy groups -OCH3 is 1. The van der Waals surface area contributed by atoms with Crippen LogP contribution in [0.15, 0.2) is 12.4 Å². The van der Waals surface area contributed by atoms with Gasteiger partial charge in [0, 0.05) is 26.2 Å². The van der Waals surface area contributed by atoms with E-state index in [4.69, 9.17) is 4.74 Å². The molecule has 2 rings (SSSR count). The number of ether oxygens (including phenoxy) is 1. The molecular formula is C14H22N4O2. The van der Waals surface area contributed by atoms with Crippen LogP contribution in [0, 0.1) is 0 Å². The van der Waals surface area contributed by atoms with Gasteiger partial charge >= 0.3 is 0 Å². The zero-order chi connectivity index (χ0) is 14.4. The molecule has 1 aliphatic carbocycles. The molecule has 1 fully saturated rings. The third kappa shape index (κ3) is 3.90. The van der Waals surface area contributed by atoms with E-state index < -0.39 is 0 Å². The summed E-state index contributed by atoms with van der Waals surface area (Å²) in [4.78, 5) is 22.7. The lowest BCUT2D eigenvalue weighted by atomic mass is 10.3. The fourth-order valence-electron chi connectivity index (χ4n) is 1.96. The minimum atomic E-state index is -0.0564. The molecule has 1 aromatic rings. The molecule has 1 aliphatic rings. The number of carbonyl (C=O) groups is 1. The van der Waals surface area contributed by atoms with Crippen LogP contribution >= 0.6 is 0 Å². The van der Waals surface area contributed by atoms with Crippen LogP contribution in [0.2, 0.25) is 0 Å². The van der Waals surface area contributed by atoms with Crippen molar-refractivity contribution in [2.75, 3.05) is 32.1 Å². The van der Waals surface area contributed by atoms with Crippen molar-refractivity contribution >= 4 is 11.7 Å². The summed E-state index contributed by atoms with van der Waals surface area (Å²) in [7, 11) is 1.64. The van der Waals surface area contributed by atoms with Crippen LogP contribution in [-0.2, 0) is 4.74 Å². The van der Waals surface area contributed by atoms with Gasteiger partial charge in [-0.05, 0) is 19.3 Å². The first kappa shape index (κ1) is 14.7. The lowest BCUT2D eigenvalue weighted by Gasteiger charge is -2.21. The smallest absolute Gasteiger partial charge is 0.274 e. The molecule has 0 aliphatic heterocycles. The molecule has 110 valence electrons. The number of amides is 1. The van der Waals surface area contributed by atoms with Crippen molar-refractivity contribution in [3.8, 4) is 0 Å². The topological polar surface area (TPSA) is 67.4 Å². The number of aromatic nitrogens is 2. The van der Waals surface area contributed by atoms with Crippen LogP contribution in [0.5, 0.6) is 0 Å². The highest BCUT2D eigenvalue weighted by Crippen LogP contribution is 2.27. The second-order valence-corrected chi connectivity index (χ2v) is 4.94. The second kappa shape index (κ2) is 7.19. The van der Waals surface area contributed by atoms with Crippen LogP contribution in [0.1, 0.15) is 36.7 Å². The largest absolute Gasteiger partial charge is 0.383 e. The van der Waals surface area contributed by atoms with Crippen molar-refractivity contribution < 1.29 is 9.53 Å². The van der Waals surface area contributed by atoms with Gasteiger partial charge in [-0.15, -0.1) is 0 Å². The number of hydrogen-bond donors (Lipinski definition) is 1. The molecule has 6 nitrogen and oxygen atoms in total. The van der Waals surface area contributed by atoms with Gasteiger partial charge in [0.15, 0.2) is 0 Å². The molecule has 20 heavy (non-hydrogen) atoms. The van der Waals surface area contributed by atoms with Gasteiger partial charge in [-0.3, -0.25) is 4.79 Å². The molecule has 0 bridgehead atoms. The summed E-state index contributed by atoms with van der Waals surface area (Å²) in [5.41, 5.74) is 0.398. The zero-order valence-corrected chi connectivity index (χ0v) is 12.1. The maximum atomic E-state index is 12.4. The van der Waals surface area contributed by atoms with Crippen LogP contribution < -0.4 is 5.32 Å². The zero-order valence-electron chi connectivity index (χ0n) is 12.1. The Bertz CT molecular complexity index is 431. The SMILES string of the molecule is CCCNc1cnc(C(=O)N(CCOC)C2CC2)cn1. The predicted octanol–water partition coefficient (Wildman–Crippen LogP) is 1.55. The summed E-state index contributed by atoms with van der Waals surface area (Å²) < 4.78 is 5.06. The number of hydrogen-bond acceptors (Lipinski definition) is 5. The molecule has 0 spiro atoms. The number of nitrogens with one attached hydrogen (secondary N) is 1. The summed E-state index contributed by atoms with van der Waals surface area (Å²) >= 11 is 0. The van der Waals surface area contributed by atoms with Gasteiger partial charge in [0.25, 0.3) is 5.91 Å². The molecule has 1 aromatic heterocycles. The number of carbonyl (C=O) groups excluding carboxylic acids is 1. The quantitative estimate of drug-likeness (QED) is 0.781. The average Bonchev–Trinajstić information content (AvgIpc) is 3.30. The van der Waals surface area contributed by atoms with E-state index >= 15 is 0 Å². The van der Waals surface area contributed by atoms with Crippen LogP contribution in [0.3, 0.4) is 0 Å². The highest BCUT2D eigenvalue weighted by Gasteiger charge is 2.33. The number of rotatable bonds is 8. The van der Waals surface area contributed by atoms with E-state index in [1.807, 2.05) is 4.90 Å². The van der Waals surface area contributed by atoms with E-state index in [0.29, 0.717) is 30.7 Å². The lowest BCUT2D eigenvalue weighted by molar-refractivity contribution is 0.0674. The van der Waals surface area contributed by atoms with E-state index in [9.17, 15) is 4.79 Å². The van der Waals surface area contributed by atoms with Crippen molar-refractivity contribution in [1.82, 2.24) is 14.9 Å². The Labute approximate surface area is 119 Å². The van der Waals surface area contributed by atoms with Crippen molar-refractivity contribution in [1.29, 1.82) is 0 Å². The monoisotopic (exact) mass is 278 g/mol. The highest BCUT2D eigenvalue weighted by molar-refractivity contribution is 5.92. The van der Waals surface area contributed by atoms with Gasteiger partial charge in [-0.1, -0.05) is 6.92 Å². The molecule has 1 amide bonds. The molecule has 0 atom stereocenters. The lowest BCUT2D eigenvalue weighted by Crippen LogP contribution is -2.36. The summed E-state index contributed by atoms with van der Waals surface area (Å²) in [6.45, 7) is 4.09. The fraction of sp³-hybridized carbons (Fsp3) is 0.643. The van der Waals surface area contributed by atoms with E-state index in [0.717, 1.165) is 25.8 Å². The average molecular weight is 278 g/mol. The molecular weight excluding hydrogens is 256 g/mol. The molecule has 6 heteroatoms. The fourth-order valence-corrected chi connectivity index (χ4v) is 1.96. The maximum absolute atomic E-state index is 12.4. The molecule has 1 heterocycles. The molecule has 0 unspecified atom stereocenters. The van der Waals surface area contributed by atoms with Gasteiger partial charge in [0.1, 0.15) is 11.5 Å². The third-order valence-corrected chi connectivity index (χ3v) is 3.21.